The lowest BCUT2D eigenvalue weighted by Crippen LogP contribution is -2.12. The third-order valence-corrected chi connectivity index (χ3v) is 3.08. The molecule has 0 aromatic heterocycles. The number of aliphatic carboxylic acids is 1. The number of unbranched alkanes of at least 4 members (excludes halogenated alkanes) is 4. The van der Waals surface area contributed by atoms with Gasteiger partial charge in [0, 0.05) is 19.6 Å². The monoisotopic (exact) mass is 319 g/mol. The second-order valence-electron chi connectivity index (χ2n) is 4.44. The van der Waals surface area contributed by atoms with E-state index in [9.17, 15) is 4.79 Å². The molecule has 0 saturated carbocycles. The molecule has 1 unspecified atom stereocenters. The lowest BCUT2D eigenvalue weighted by molar-refractivity contribution is -0.136. The first-order valence-corrected chi connectivity index (χ1v) is 8.02. The van der Waals surface area contributed by atoms with Crippen molar-refractivity contribution in [2.24, 2.45) is 0 Å². The van der Waals surface area contributed by atoms with Crippen LogP contribution in [-0.4, -0.2) is 35.8 Å². The molecule has 0 aliphatic carbocycles. The first-order chi connectivity index (χ1) is 9.99. The predicted octanol–water partition coefficient (Wildman–Crippen LogP) is 3.64. The number of carbonyl (C=O) groups is 1. The fraction of sp³-hybridized carbons (Fsp3) is 0.867. The molecule has 0 saturated heterocycles. The Bertz CT molecular complexity index is 275. The molecule has 0 aromatic rings. The van der Waals surface area contributed by atoms with Crippen molar-refractivity contribution in [3.63, 3.8) is 0 Å². The highest BCUT2D eigenvalue weighted by molar-refractivity contribution is 7.81. The maximum absolute atomic E-state index is 10.3. The van der Waals surface area contributed by atoms with Gasteiger partial charge in [-0.25, -0.2) is 0 Å². The summed E-state index contributed by atoms with van der Waals surface area (Å²) < 4.78 is 10.1. The van der Waals surface area contributed by atoms with Gasteiger partial charge in [0.2, 0.25) is 0 Å². The zero-order valence-corrected chi connectivity index (χ0v) is 14.3. The lowest BCUT2D eigenvalue weighted by Gasteiger charge is -2.09. The van der Waals surface area contributed by atoms with Crippen molar-refractivity contribution in [3.8, 4) is 6.07 Å². The van der Waals surface area contributed by atoms with Gasteiger partial charge in [0.1, 0.15) is 0 Å². The quantitative estimate of drug-likeness (QED) is 0.345. The standard InChI is InChI=1S/C9H15NO2S.C6H14O2/c10-7-5-3-1-2-4-6-8(13)9(11)12;1-4-7-6(3)8-5-2/h8,13H,1-6H2,(H,11,12);6H,4-5H2,1-3H3. The summed E-state index contributed by atoms with van der Waals surface area (Å²) in [5.74, 6) is -0.847. The van der Waals surface area contributed by atoms with Crippen molar-refractivity contribution in [1.29, 1.82) is 5.26 Å². The number of hydrogen-bond donors (Lipinski definition) is 2. The smallest absolute Gasteiger partial charge is 0.316 e. The Hall–Kier alpha value is -0.770. The number of carboxylic acids is 1. The second-order valence-corrected chi connectivity index (χ2v) is 5.07. The molecule has 0 aliphatic heterocycles. The van der Waals surface area contributed by atoms with Gasteiger partial charge in [-0.2, -0.15) is 17.9 Å². The molecule has 5 nitrogen and oxygen atoms in total. The molecular formula is C15H29NO4S. The summed E-state index contributed by atoms with van der Waals surface area (Å²) in [4.78, 5) is 10.3. The van der Waals surface area contributed by atoms with Crippen molar-refractivity contribution in [3.05, 3.63) is 0 Å². The SMILES string of the molecule is CCOC(C)OCC.N#CCCCCCCC(S)C(=O)O. The first-order valence-electron chi connectivity index (χ1n) is 7.50. The number of nitriles is 1. The Morgan fingerprint density at radius 3 is 2.14 bits per heavy atom. The van der Waals surface area contributed by atoms with Gasteiger partial charge in [-0.15, -0.1) is 0 Å². The zero-order valence-electron chi connectivity index (χ0n) is 13.4. The van der Waals surface area contributed by atoms with Crippen LogP contribution < -0.4 is 0 Å². The van der Waals surface area contributed by atoms with E-state index in [0.29, 0.717) is 12.8 Å². The van der Waals surface area contributed by atoms with Crippen LogP contribution in [0.4, 0.5) is 0 Å². The van der Waals surface area contributed by atoms with E-state index in [2.05, 4.69) is 18.7 Å². The average molecular weight is 319 g/mol. The van der Waals surface area contributed by atoms with Crippen LogP contribution in [0, 0.1) is 11.3 Å². The van der Waals surface area contributed by atoms with Crippen LogP contribution >= 0.6 is 12.6 Å². The summed E-state index contributed by atoms with van der Waals surface area (Å²) in [5.41, 5.74) is 0. The maximum Gasteiger partial charge on any atom is 0.316 e. The van der Waals surface area contributed by atoms with Gasteiger partial charge in [0.15, 0.2) is 6.29 Å². The molecule has 0 aromatic carbocycles. The highest BCUT2D eigenvalue weighted by Gasteiger charge is 2.10. The Morgan fingerprint density at radius 2 is 1.71 bits per heavy atom. The molecule has 0 heterocycles. The molecule has 21 heavy (non-hydrogen) atoms. The molecule has 1 N–H and O–H groups in total. The molecule has 0 aliphatic rings. The van der Waals surface area contributed by atoms with Crippen molar-refractivity contribution in [2.45, 2.75) is 70.8 Å². The molecule has 1 atom stereocenters. The number of hydrogen-bond acceptors (Lipinski definition) is 5. The minimum atomic E-state index is -0.847. The van der Waals surface area contributed by atoms with E-state index in [1.807, 2.05) is 20.8 Å². The summed E-state index contributed by atoms with van der Waals surface area (Å²) in [6.45, 7) is 7.25. The third-order valence-electron chi connectivity index (χ3n) is 2.60. The lowest BCUT2D eigenvalue weighted by atomic mass is 10.1. The number of ether oxygens (including phenoxy) is 2. The molecule has 124 valence electrons. The molecular weight excluding hydrogens is 290 g/mol. The molecule has 0 bridgehead atoms. The van der Waals surface area contributed by atoms with Crippen molar-refractivity contribution < 1.29 is 19.4 Å². The van der Waals surface area contributed by atoms with Crippen LogP contribution in [0.25, 0.3) is 0 Å². The van der Waals surface area contributed by atoms with Crippen LogP contribution in [0.5, 0.6) is 0 Å². The van der Waals surface area contributed by atoms with E-state index < -0.39 is 11.2 Å². The van der Waals surface area contributed by atoms with E-state index in [4.69, 9.17) is 19.8 Å². The van der Waals surface area contributed by atoms with Crippen LogP contribution in [0.3, 0.4) is 0 Å². The van der Waals surface area contributed by atoms with Crippen molar-refractivity contribution in [1.82, 2.24) is 0 Å². The average Bonchev–Trinajstić information content (AvgIpc) is 2.43. The van der Waals surface area contributed by atoms with Crippen LogP contribution in [0.15, 0.2) is 0 Å². The number of carboxylic acid groups (broad SMARTS) is 1. The van der Waals surface area contributed by atoms with Gasteiger partial charge >= 0.3 is 5.97 Å². The summed E-state index contributed by atoms with van der Waals surface area (Å²) >= 11 is 3.92. The van der Waals surface area contributed by atoms with Gasteiger partial charge in [0.05, 0.1) is 11.3 Å². The van der Waals surface area contributed by atoms with Gasteiger partial charge in [-0.05, 0) is 33.6 Å². The third kappa shape index (κ3) is 19.2. The molecule has 0 radical (unpaired) electrons. The van der Waals surface area contributed by atoms with Gasteiger partial charge < -0.3 is 14.6 Å². The van der Waals surface area contributed by atoms with Gasteiger partial charge in [-0.3, -0.25) is 4.79 Å². The Labute approximate surface area is 134 Å². The van der Waals surface area contributed by atoms with Gasteiger partial charge in [-0.1, -0.05) is 19.3 Å². The van der Waals surface area contributed by atoms with E-state index in [0.717, 1.165) is 38.9 Å². The predicted molar refractivity (Wildman–Crippen MR) is 86.4 cm³/mol. The summed E-state index contributed by atoms with van der Waals surface area (Å²) in [7, 11) is 0. The van der Waals surface area contributed by atoms with Crippen LogP contribution in [0.1, 0.15) is 59.3 Å². The highest BCUT2D eigenvalue weighted by Crippen LogP contribution is 2.10. The van der Waals surface area contributed by atoms with E-state index in [1.54, 1.807) is 0 Å². The Kier molecular flexibility index (Phi) is 18.5. The fourth-order valence-electron chi connectivity index (χ4n) is 1.54. The van der Waals surface area contributed by atoms with Crippen molar-refractivity contribution >= 4 is 18.6 Å². The fourth-order valence-corrected chi connectivity index (χ4v) is 1.72. The number of thiol groups is 1. The van der Waals surface area contributed by atoms with E-state index >= 15 is 0 Å². The molecule has 0 spiro atoms. The Morgan fingerprint density at radius 1 is 1.19 bits per heavy atom. The van der Waals surface area contributed by atoms with Crippen LogP contribution in [0.2, 0.25) is 0 Å². The van der Waals surface area contributed by atoms with Crippen molar-refractivity contribution in [2.75, 3.05) is 13.2 Å². The van der Waals surface area contributed by atoms with Crippen LogP contribution in [-0.2, 0) is 14.3 Å². The summed E-state index contributed by atoms with van der Waals surface area (Å²) in [6, 6.07) is 2.08. The van der Waals surface area contributed by atoms with Gasteiger partial charge in [0.25, 0.3) is 0 Å². The molecule has 0 fully saturated rings. The van der Waals surface area contributed by atoms with E-state index in [-0.39, 0.29) is 6.29 Å². The first kappa shape index (κ1) is 22.5. The summed E-state index contributed by atoms with van der Waals surface area (Å²) in [6.07, 6.45) is 4.98. The Balaban J connectivity index is 0. The second kappa shape index (κ2) is 17.3. The minimum Gasteiger partial charge on any atom is -0.480 e. The zero-order chi connectivity index (χ0) is 16.5. The summed E-state index contributed by atoms with van der Waals surface area (Å²) in [5, 5.41) is 16.2. The molecule has 6 heteroatoms. The largest absolute Gasteiger partial charge is 0.480 e. The van der Waals surface area contributed by atoms with E-state index in [1.165, 1.54) is 0 Å². The maximum atomic E-state index is 10.3. The number of nitrogens with zero attached hydrogens (tertiary/aromatic N) is 1. The topological polar surface area (TPSA) is 79.5 Å². The normalized spacial score (nSPS) is 11.4. The highest BCUT2D eigenvalue weighted by atomic mass is 32.1. The number of rotatable bonds is 11. The molecule has 0 rings (SSSR count). The minimum absolute atomic E-state index is 0.0370. The molecule has 0 amide bonds.